The number of nitrogens with zero attached hydrogens (tertiary/aromatic N) is 1. The summed E-state index contributed by atoms with van der Waals surface area (Å²) in [6, 6.07) is 3.62. The number of carboxylic acids is 1. The van der Waals surface area contributed by atoms with Crippen LogP contribution in [0.3, 0.4) is 0 Å². The molecule has 0 bridgehead atoms. The van der Waals surface area contributed by atoms with E-state index in [9.17, 15) is 38.7 Å². The minimum atomic E-state index is -1.36. The lowest BCUT2D eigenvalue weighted by molar-refractivity contribution is -0.144. The molecule has 53 heavy (non-hydrogen) atoms. The number of benzene rings is 1. The fourth-order valence-corrected chi connectivity index (χ4v) is 10.3. The van der Waals surface area contributed by atoms with E-state index < -0.39 is 70.4 Å². The molecule has 1 aromatic rings. The van der Waals surface area contributed by atoms with Crippen LogP contribution in [0.15, 0.2) is 30.3 Å². The monoisotopic (exact) mass is 775 g/mol. The Morgan fingerprint density at radius 3 is 2.25 bits per heavy atom. The molecule has 2 heterocycles. The number of ether oxygens (including phenoxy) is 1. The Kier molecular flexibility index (Phi) is 15.9. The summed E-state index contributed by atoms with van der Waals surface area (Å²) in [5.41, 5.74) is 0.333. The maximum Gasteiger partial charge on any atom is 0.407 e. The largest absolute Gasteiger partial charge is 0.479 e. The number of hydrogen-bond donors (Lipinski definition) is 5. The fourth-order valence-electron chi connectivity index (χ4n) is 6.95. The second-order valence-corrected chi connectivity index (χ2v) is 17.5. The highest BCUT2D eigenvalue weighted by Crippen LogP contribution is 2.50. The molecule has 16 heteroatoms. The molecule has 292 valence electrons. The van der Waals surface area contributed by atoms with Crippen LogP contribution in [0.2, 0.25) is 0 Å². The number of thioether (sulfide) groups is 2. The van der Waals surface area contributed by atoms with Crippen molar-refractivity contribution in [3.05, 3.63) is 35.9 Å². The van der Waals surface area contributed by atoms with E-state index in [4.69, 9.17) is 4.74 Å². The highest BCUT2D eigenvalue weighted by atomic mass is 32.2. The average Bonchev–Trinajstić information content (AvgIpc) is 3.52. The molecule has 1 saturated carbocycles. The summed E-state index contributed by atoms with van der Waals surface area (Å²) < 4.78 is 4.96. The molecule has 3 aliphatic rings. The summed E-state index contributed by atoms with van der Waals surface area (Å²) in [5.74, 6) is -3.39. The number of aliphatic carboxylic acids is 1. The number of carboxylic acid groups (broad SMARTS) is 1. The molecule has 1 aliphatic carbocycles. The highest BCUT2D eigenvalue weighted by Gasteiger charge is 2.52. The fraction of sp³-hybridized carbons (Fsp3) is 0.649. The van der Waals surface area contributed by atoms with Gasteiger partial charge in [-0.15, -0.1) is 23.5 Å². The first-order valence-electron chi connectivity index (χ1n) is 18.5. The Labute approximate surface area is 319 Å². The van der Waals surface area contributed by atoms with Gasteiger partial charge in [0.1, 0.15) is 12.1 Å². The molecule has 4 rings (SSSR count). The smallest absolute Gasteiger partial charge is 0.407 e. The van der Waals surface area contributed by atoms with E-state index in [1.807, 2.05) is 13.8 Å². The Morgan fingerprint density at radius 1 is 0.943 bits per heavy atom. The van der Waals surface area contributed by atoms with Gasteiger partial charge < -0.3 is 36.0 Å². The minimum absolute atomic E-state index is 0.110. The summed E-state index contributed by atoms with van der Waals surface area (Å²) in [6.45, 7) is 5.46. The molecule has 3 fully saturated rings. The van der Waals surface area contributed by atoms with Gasteiger partial charge >= 0.3 is 12.1 Å². The van der Waals surface area contributed by atoms with Crippen LogP contribution in [0.25, 0.3) is 0 Å². The van der Waals surface area contributed by atoms with Crippen LogP contribution in [0, 0.1) is 11.8 Å². The number of carbonyl (C=O) groups is 7. The first kappa shape index (κ1) is 42.0. The summed E-state index contributed by atoms with van der Waals surface area (Å²) >= 11 is 3.43. The summed E-state index contributed by atoms with van der Waals surface area (Å²) in [5, 5.41) is 19.8. The standard InChI is InChI=1S/C37H53N5O9S2/c1-4-12-26(31(44)33(46)38-20-28(43)40-30(35(48)49)25-15-9-6-10-16-25)39-32(45)27-19-37(52-17-11-18-53-37)22-42(27)34(47)29(24-13-7-5-8-14-24)41-36(50)51-21-23(2)3/h6,9-10,15-16,23-24,26-27,29-30H,4-5,7-8,11-14,17-22H2,1-3H3,(H,38,46)(H,39,45)(H,40,43)(H,41,50)(H,48,49). The molecule has 2 aliphatic heterocycles. The van der Waals surface area contributed by atoms with Crippen molar-refractivity contribution in [1.29, 1.82) is 0 Å². The summed E-state index contributed by atoms with van der Waals surface area (Å²) in [7, 11) is 0. The highest BCUT2D eigenvalue weighted by molar-refractivity contribution is 8.18. The Bertz CT molecular complexity index is 1470. The number of nitrogens with one attached hydrogen (secondary N) is 4. The Hall–Kier alpha value is -3.79. The zero-order chi connectivity index (χ0) is 38.5. The van der Waals surface area contributed by atoms with Gasteiger partial charge in [-0.3, -0.25) is 24.0 Å². The molecular weight excluding hydrogens is 723 g/mol. The van der Waals surface area contributed by atoms with E-state index in [0.29, 0.717) is 18.4 Å². The maximum absolute atomic E-state index is 14.5. The van der Waals surface area contributed by atoms with Gasteiger partial charge in [-0.2, -0.15) is 0 Å². The molecule has 14 nitrogen and oxygen atoms in total. The van der Waals surface area contributed by atoms with Crippen molar-refractivity contribution in [3.8, 4) is 0 Å². The van der Waals surface area contributed by atoms with Crippen molar-refractivity contribution in [1.82, 2.24) is 26.2 Å². The topological polar surface area (TPSA) is 200 Å². The number of hydrogen-bond acceptors (Lipinski definition) is 10. The van der Waals surface area contributed by atoms with Crippen molar-refractivity contribution < 1.29 is 43.4 Å². The molecule has 2 saturated heterocycles. The van der Waals surface area contributed by atoms with Crippen molar-refractivity contribution in [2.24, 2.45) is 11.8 Å². The number of amides is 5. The van der Waals surface area contributed by atoms with Crippen molar-refractivity contribution in [3.63, 3.8) is 0 Å². The third kappa shape index (κ3) is 11.8. The van der Waals surface area contributed by atoms with Crippen molar-refractivity contribution >= 4 is 65.0 Å². The number of alkyl carbamates (subject to hydrolysis) is 1. The van der Waals surface area contributed by atoms with Gasteiger partial charge in [-0.25, -0.2) is 9.59 Å². The van der Waals surface area contributed by atoms with Crippen molar-refractivity contribution in [2.45, 2.75) is 107 Å². The molecule has 5 N–H and O–H groups in total. The molecular formula is C37H53N5O9S2. The number of rotatable bonds is 16. The van der Waals surface area contributed by atoms with E-state index in [1.54, 1.807) is 65.7 Å². The van der Waals surface area contributed by atoms with E-state index in [0.717, 1.165) is 50.0 Å². The van der Waals surface area contributed by atoms with Gasteiger partial charge in [0.05, 0.1) is 23.3 Å². The lowest BCUT2D eigenvalue weighted by Gasteiger charge is -2.35. The zero-order valence-corrected chi connectivity index (χ0v) is 32.4. The Balaban J connectivity index is 1.47. The number of ketones is 1. The molecule has 4 unspecified atom stereocenters. The second-order valence-electron chi connectivity index (χ2n) is 14.3. The first-order chi connectivity index (χ1) is 25.3. The molecule has 5 amide bonds. The van der Waals surface area contributed by atoms with Crippen LogP contribution < -0.4 is 21.3 Å². The van der Waals surface area contributed by atoms with E-state index in [2.05, 4.69) is 21.3 Å². The number of Topliss-reactive ketones (excluding diaryl/α,β-unsaturated/α-hetero) is 1. The van der Waals surface area contributed by atoms with Crippen LogP contribution in [-0.2, 0) is 33.5 Å². The molecule has 0 radical (unpaired) electrons. The van der Waals surface area contributed by atoms with Gasteiger partial charge in [0, 0.05) is 13.0 Å². The van der Waals surface area contributed by atoms with Crippen LogP contribution in [0.4, 0.5) is 4.79 Å². The van der Waals surface area contributed by atoms with Crippen LogP contribution in [-0.4, -0.2) is 105 Å². The van der Waals surface area contributed by atoms with Gasteiger partial charge in [0.15, 0.2) is 6.04 Å². The molecule has 4 atom stereocenters. The predicted octanol–water partition coefficient (Wildman–Crippen LogP) is 3.40. The maximum atomic E-state index is 14.5. The number of carbonyl (C=O) groups excluding carboxylic acids is 6. The SMILES string of the molecule is CCCC(NC(=O)C1CC2(CN1C(=O)C(NC(=O)OCC(C)C)C1CCCCC1)SCCCS2)C(=O)C(=O)NCC(=O)NC(C(=O)O)c1ccccc1. The van der Waals surface area contributed by atoms with E-state index >= 15 is 0 Å². The van der Waals surface area contributed by atoms with Gasteiger partial charge in [-0.1, -0.05) is 76.8 Å². The molecule has 1 spiro atoms. The van der Waals surface area contributed by atoms with Crippen LogP contribution in [0.1, 0.15) is 90.2 Å². The minimum Gasteiger partial charge on any atom is -0.479 e. The second kappa shape index (κ2) is 20.0. The summed E-state index contributed by atoms with van der Waals surface area (Å²) in [6.07, 6.45) is 5.63. The number of likely N-dealkylation sites (tertiary alicyclic amines) is 1. The Morgan fingerprint density at radius 2 is 1.62 bits per heavy atom. The van der Waals surface area contributed by atoms with Gasteiger partial charge in [0.2, 0.25) is 23.5 Å². The average molecular weight is 776 g/mol. The van der Waals surface area contributed by atoms with E-state index in [1.165, 1.54) is 0 Å². The van der Waals surface area contributed by atoms with Gasteiger partial charge in [0.25, 0.3) is 5.91 Å². The lowest BCUT2D eigenvalue weighted by Crippen LogP contribution is -2.58. The zero-order valence-electron chi connectivity index (χ0n) is 30.7. The van der Waals surface area contributed by atoms with Crippen molar-refractivity contribution in [2.75, 3.05) is 31.2 Å². The lowest BCUT2D eigenvalue weighted by atomic mass is 9.83. The predicted molar refractivity (Wildman–Crippen MR) is 202 cm³/mol. The molecule has 0 aromatic heterocycles. The normalized spacial score (nSPS) is 20.2. The summed E-state index contributed by atoms with van der Waals surface area (Å²) in [4.78, 5) is 93.9. The quantitative estimate of drug-likeness (QED) is 0.154. The van der Waals surface area contributed by atoms with Crippen LogP contribution in [0.5, 0.6) is 0 Å². The third-order valence-corrected chi connectivity index (χ3v) is 13.0. The molecule has 1 aromatic carbocycles. The van der Waals surface area contributed by atoms with Gasteiger partial charge in [-0.05, 0) is 54.6 Å². The third-order valence-electron chi connectivity index (χ3n) is 9.63. The first-order valence-corrected chi connectivity index (χ1v) is 20.5. The van der Waals surface area contributed by atoms with Crippen LogP contribution >= 0.6 is 23.5 Å². The van der Waals surface area contributed by atoms with E-state index in [-0.39, 0.29) is 37.3 Å².